The lowest BCUT2D eigenvalue weighted by atomic mass is 9.69. The first-order valence-electron chi connectivity index (χ1n) is 9.33. The van der Waals surface area contributed by atoms with E-state index in [2.05, 4.69) is 17.1 Å². The van der Waals surface area contributed by atoms with E-state index in [-0.39, 0.29) is 0 Å². The van der Waals surface area contributed by atoms with Gasteiger partial charge in [-0.3, -0.25) is 0 Å². The lowest BCUT2D eigenvalue weighted by Gasteiger charge is -2.42. The average Bonchev–Trinajstić information content (AvgIpc) is 2.49. The summed E-state index contributed by atoms with van der Waals surface area (Å²) in [5.41, 5.74) is 0. The van der Waals surface area contributed by atoms with Gasteiger partial charge in [-0.25, -0.2) is 0 Å². The number of piperidine rings is 1. The van der Waals surface area contributed by atoms with E-state index in [4.69, 9.17) is 0 Å². The SMILES string of the molecule is CCCN1CCC(NC2CCC3CCCCC3C2)CC1. The third kappa shape index (κ3) is 3.76. The molecule has 0 aromatic carbocycles. The summed E-state index contributed by atoms with van der Waals surface area (Å²) in [5.74, 6) is 2.16. The summed E-state index contributed by atoms with van der Waals surface area (Å²) in [7, 11) is 0. The number of nitrogens with zero attached hydrogens (tertiary/aromatic N) is 1. The van der Waals surface area contributed by atoms with Gasteiger partial charge in [0.2, 0.25) is 0 Å². The van der Waals surface area contributed by atoms with E-state index in [0.29, 0.717) is 0 Å². The van der Waals surface area contributed by atoms with Crippen molar-refractivity contribution < 1.29 is 0 Å². The molecule has 2 nitrogen and oxygen atoms in total. The van der Waals surface area contributed by atoms with E-state index in [1.165, 1.54) is 83.8 Å². The molecule has 0 aromatic rings. The van der Waals surface area contributed by atoms with Crippen LogP contribution in [0.25, 0.3) is 0 Å². The number of fused-ring (bicyclic) bond motifs is 1. The van der Waals surface area contributed by atoms with E-state index in [9.17, 15) is 0 Å². The van der Waals surface area contributed by atoms with Gasteiger partial charge in [-0.15, -0.1) is 0 Å². The number of hydrogen-bond acceptors (Lipinski definition) is 2. The second kappa shape index (κ2) is 7.26. The van der Waals surface area contributed by atoms with Gasteiger partial charge >= 0.3 is 0 Å². The minimum Gasteiger partial charge on any atom is -0.311 e. The molecule has 0 bridgehead atoms. The zero-order valence-corrected chi connectivity index (χ0v) is 13.4. The van der Waals surface area contributed by atoms with Crippen molar-refractivity contribution in [3.8, 4) is 0 Å². The van der Waals surface area contributed by atoms with Crippen LogP contribution < -0.4 is 5.32 Å². The summed E-state index contributed by atoms with van der Waals surface area (Å²) in [6, 6.07) is 1.66. The second-order valence-electron chi connectivity index (χ2n) is 7.60. The third-order valence-electron chi connectivity index (χ3n) is 6.14. The van der Waals surface area contributed by atoms with Gasteiger partial charge in [0, 0.05) is 12.1 Å². The Kier molecular flexibility index (Phi) is 5.39. The summed E-state index contributed by atoms with van der Waals surface area (Å²) < 4.78 is 0. The first kappa shape index (κ1) is 14.8. The normalized spacial score (nSPS) is 36.8. The van der Waals surface area contributed by atoms with E-state index in [1.54, 1.807) is 0 Å². The fourth-order valence-corrected chi connectivity index (χ4v) is 5.00. The van der Waals surface area contributed by atoms with Crippen molar-refractivity contribution in [1.29, 1.82) is 0 Å². The van der Waals surface area contributed by atoms with Crippen LogP contribution in [0.1, 0.15) is 71.1 Å². The maximum atomic E-state index is 4.03. The van der Waals surface area contributed by atoms with Crippen molar-refractivity contribution in [3.05, 3.63) is 0 Å². The van der Waals surface area contributed by atoms with Crippen molar-refractivity contribution in [2.75, 3.05) is 19.6 Å². The summed E-state index contributed by atoms with van der Waals surface area (Å²) in [6.07, 6.45) is 14.6. The average molecular weight is 278 g/mol. The predicted octanol–water partition coefficient (Wildman–Crippen LogP) is 3.81. The summed E-state index contributed by atoms with van der Waals surface area (Å²) in [4.78, 5) is 2.65. The van der Waals surface area contributed by atoms with Gasteiger partial charge in [-0.1, -0.05) is 32.6 Å². The van der Waals surface area contributed by atoms with Crippen LogP contribution in [0, 0.1) is 11.8 Å². The zero-order valence-electron chi connectivity index (χ0n) is 13.4. The Morgan fingerprint density at radius 3 is 2.35 bits per heavy atom. The van der Waals surface area contributed by atoms with Crippen LogP contribution in [0.3, 0.4) is 0 Å². The number of rotatable bonds is 4. The molecular formula is C18H34N2. The van der Waals surface area contributed by atoms with Crippen LogP contribution in [-0.4, -0.2) is 36.6 Å². The molecule has 3 aliphatic rings. The summed E-state index contributed by atoms with van der Waals surface area (Å²) >= 11 is 0. The van der Waals surface area contributed by atoms with Crippen LogP contribution in [0.5, 0.6) is 0 Å². The Morgan fingerprint density at radius 1 is 0.850 bits per heavy atom. The fraction of sp³-hybridized carbons (Fsp3) is 1.00. The maximum absolute atomic E-state index is 4.03. The molecule has 3 rings (SSSR count). The molecule has 0 radical (unpaired) electrons. The Balaban J connectivity index is 1.40. The minimum absolute atomic E-state index is 0.813. The van der Waals surface area contributed by atoms with Gasteiger partial charge in [0.1, 0.15) is 0 Å². The van der Waals surface area contributed by atoms with Crippen LogP contribution in [0.4, 0.5) is 0 Å². The van der Waals surface area contributed by atoms with E-state index in [1.807, 2.05) is 0 Å². The molecule has 3 fully saturated rings. The van der Waals surface area contributed by atoms with E-state index >= 15 is 0 Å². The number of hydrogen-bond donors (Lipinski definition) is 1. The highest BCUT2D eigenvalue weighted by molar-refractivity contribution is 4.88. The number of nitrogens with one attached hydrogen (secondary N) is 1. The molecule has 1 N–H and O–H groups in total. The molecule has 0 spiro atoms. The second-order valence-corrected chi connectivity index (χ2v) is 7.60. The lowest BCUT2D eigenvalue weighted by Crippen LogP contribution is -2.48. The molecule has 2 saturated carbocycles. The minimum atomic E-state index is 0.813. The zero-order chi connectivity index (χ0) is 13.8. The smallest absolute Gasteiger partial charge is 0.00940 e. The van der Waals surface area contributed by atoms with Gasteiger partial charge in [0.15, 0.2) is 0 Å². The summed E-state index contributed by atoms with van der Waals surface area (Å²) in [6.45, 7) is 6.25. The first-order valence-corrected chi connectivity index (χ1v) is 9.33. The highest BCUT2D eigenvalue weighted by Gasteiger charge is 2.33. The van der Waals surface area contributed by atoms with Crippen molar-refractivity contribution in [2.45, 2.75) is 83.2 Å². The summed E-state index contributed by atoms with van der Waals surface area (Å²) in [5, 5.41) is 4.03. The maximum Gasteiger partial charge on any atom is 0.00940 e. The predicted molar refractivity (Wildman–Crippen MR) is 86.0 cm³/mol. The topological polar surface area (TPSA) is 15.3 Å². The largest absolute Gasteiger partial charge is 0.311 e. The number of likely N-dealkylation sites (tertiary alicyclic amines) is 1. The van der Waals surface area contributed by atoms with Gasteiger partial charge in [0.25, 0.3) is 0 Å². The van der Waals surface area contributed by atoms with E-state index in [0.717, 1.165) is 23.9 Å². The van der Waals surface area contributed by atoms with Gasteiger partial charge in [-0.05, 0) is 70.0 Å². The van der Waals surface area contributed by atoms with E-state index < -0.39 is 0 Å². The molecule has 2 heteroatoms. The van der Waals surface area contributed by atoms with Gasteiger partial charge < -0.3 is 10.2 Å². The molecule has 2 aliphatic carbocycles. The lowest BCUT2D eigenvalue weighted by molar-refractivity contribution is 0.125. The van der Waals surface area contributed by atoms with Crippen molar-refractivity contribution >= 4 is 0 Å². The Labute approximate surface area is 125 Å². The Bertz CT molecular complexity index is 283. The van der Waals surface area contributed by atoms with Crippen LogP contribution in [-0.2, 0) is 0 Å². The molecule has 3 unspecified atom stereocenters. The quantitative estimate of drug-likeness (QED) is 0.841. The van der Waals surface area contributed by atoms with Crippen molar-refractivity contribution in [1.82, 2.24) is 10.2 Å². The molecule has 0 aromatic heterocycles. The molecule has 1 aliphatic heterocycles. The van der Waals surface area contributed by atoms with Crippen LogP contribution >= 0.6 is 0 Å². The molecule has 0 amide bonds. The standard InChI is InChI=1S/C18H34N2/c1-2-11-20-12-9-17(10-13-20)19-18-8-7-15-5-3-4-6-16(15)14-18/h15-19H,2-14H2,1H3. The highest BCUT2D eigenvalue weighted by atomic mass is 15.1. The van der Waals surface area contributed by atoms with Crippen LogP contribution in [0.15, 0.2) is 0 Å². The molecule has 20 heavy (non-hydrogen) atoms. The molecule has 116 valence electrons. The Hall–Kier alpha value is -0.0800. The fourth-order valence-electron chi connectivity index (χ4n) is 5.00. The monoisotopic (exact) mass is 278 g/mol. The van der Waals surface area contributed by atoms with Crippen molar-refractivity contribution in [3.63, 3.8) is 0 Å². The first-order chi connectivity index (χ1) is 9.85. The van der Waals surface area contributed by atoms with Gasteiger partial charge in [-0.2, -0.15) is 0 Å². The molecule has 1 heterocycles. The molecule has 1 saturated heterocycles. The highest BCUT2D eigenvalue weighted by Crippen LogP contribution is 2.40. The van der Waals surface area contributed by atoms with Crippen molar-refractivity contribution in [2.24, 2.45) is 11.8 Å². The van der Waals surface area contributed by atoms with Crippen LogP contribution in [0.2, 0.25) is 0 Å². The Morgan fingerprint density at radius 2 is 1.60 bits per heavy atom. The van der Waals surface area contributed by atoms with Gasteiger partial charge in [0.05, 0.1) is 0 Å². The molecular weight excluding hydrogens is 244 g/mol. The third-order valence-corrected chi connectivity index (χ3v) is 6.14. The molecule has 3 atom stereocenters.